The van der Waals surface area contributed by atoms with Crippen molar-refractivity contribution in [1.29, 1.82) is 0 Å². The third-order valence-electron chi connectivity index (χ3n) is 3.94. The molecule has 2 amide bonds. The first-order chi connectivity index (χ1) is 12.1. The number of hydrogen-bond donors (Lipinski definition) is 2. The predicted octanol–water partition coefficient (Wildman–Crippen LogP) is 1.60. The van der Waals surface area contributed by atoms with Crippen LogP contribution >= 0.6 is 0 Å². The van der Waals surface area contributed by atoms with Crippen molar-refractivity contribution >= 4 is 11.8 Å². The Hall–Kier alpha value is -2.89. The Bertz CT molecular complexity index is 754. The number of rotatable bonds is 6. The Labute approximate surface area is 145 Å². The molecule has 0 spiro atoms. The van der Waals surface area contributed by atoms with E-state index < -0.39 is 0 Å². The Morgan fingerprint density at radius 3 is 2.72 bits per heavy atom. The van der Waals surface area contributed by atoms with Gasteiger partial charge in [0.25, 0.3) is 0 Å². The van der Waals surface area contributed by atoms with E-state index in [2.05, 4.69) is 10.6 Å². The average molecular weight is 342 g/mol. The second-order valence-corrected chi connectivity index (χ2v) is 5.94. The number of halogens is 1. The minimum Gasteiger partial charge on any atom is -0.488 e. The summed E-state index contributed by atoms with van der Waals surface area (Å²) in [4.78, 5) is 23.6. The molecular weight excluding hydrogens is 323 g/mol. The number of benzene rings is 2. The van der Waals surface area contributed by atoms with Gasteiger partial charge in [0.15, 0.2) is 0 Å². The molecule has 1 heterocycles. The lowest BCUT2D eigenvalue weighted by molar-refractivity contribution is -0.125. The number of hydrogen-bond acceptors (Lipinski definition) is 3. The molecule has 0 bridgehead atoms. The van der Waals surface area contributed by atoms with Crippen LogP contribution in [0, 0.1) is 5.82 Å². The van der Waals surface area contributed by atoms with Gasteiger partial charge < -0.3 is 15.4 Å². The molecule has 130 valence electrons. The van der Waals surface area contributed by atoms with Gasteiger partial charge in [0.1, 0.15) is 17.7 Å². The second-order valence-electron chi connectivity index (χ2n) is 5.94. The zero-order valence-corrected chi connectivity index (χ0v) is 13.6. The Morgan fingerprint density at radius 1 is 1.08 bits per heavy atom. The summed E-state index contributed by atoms with van der Waals surface area (Å²) in [6.45, 7) is 0.265. The molecule has 0 saturated heterocycles. The number of carbonyl (C=O) groups is 2. The van der Waals surface area contributed by atoms with Gasteiger partial charge in [-0.2, -0.15) is 0 Å². The maximum atomic E-state index is 13.1. The van der Waals surface area contributed by atoms with Gasteiger partial charge in [-0.15, -0.1) is 0 Å². The van der Waals surface area contributed by atoms with E-state index in [1.807, 2.05) is 24.3 Å². The van der Waals surface area contributed by atoms with E-state index in [4.69, 9.17) is 4.74 Å². The van der Waals surface area contributed by atoms with Crippen LogP contribution < -0.4 is 15.4 Å². The van der Waals surface area contributed by atoms with Crippen molar-refractivity contribution in [2.45, 2.75) is 18.9 Å². The SMILES string of the molecule is O=C(CNC(=O)Cc1cccc(F)c1)NC[C@H]1Cc2ccccc2O1. The first-order valence-corrected chi connectivity index (χ1v) is 8.12. The molecule has 1 atom stereocenters. The fourth-order valence-electron chi connectivity index (χ4n) is 2.73. The van der Waals surface area contributed by atoms with Crippen LogP contribution in [0.25, 0.3) is 0 Å². The van der Waals surface area contributed by atoms with Crippen LogP contribution in [0.2, 0.25) is 0 Å². The van der Waals surface area contributed by atoms with Crippen molar-refractivity contribution in [2.24, 2.45) is 0 Å². The summed E-state index contributed by atoms with van der Waals surface area (Å²) in [6, 6.07) is 13.6. The quantitative estimate of drug-likeness (QED) is 0.838. The molecule has 0 unspecified atom stereocenters. The molecule has 25 heavy (non-hydrogen) atoms. The van der Waals surface area contributed by atoms with Crippen LogP contribution in [-0.2, 0) is 22.4 Å². The lowest BCUT2D eigenvalue weighted by Gasteiger charge is -2.12. The molecule has 0 radical (unpaired) electrons. The molecule has 1 aliphatic heterocycles. The fraction of sp³-hybridized carbons (Fsp3) is 0.263. The lowest BCUT2D eigenvalue weighted by Crippen LogP contribution is -2.41. The molecule has 3 rings (SSSR count). The smallest absolute Gasteiger partial charge is 0.239 e. The van der Waals surface area contributed by atoms with Crippen molar-refractivity contribution in [3.05, 3.63) is 65.5 Å². The zero-order chi connectivity index (χ0) is 17.6. The predicted molar refractivity (Wildman–Crippen MR) is 90.7 cm³/mol. The first kappa shape index (κ1) is 17.0. The molecule has 0 aromatic heterocycles. The van der Waals surface area contributed by atoms with Crippen molar-refractivity contribution in [3.63, 3.8) is 0 Å². The Morgan fingerprint density at radius 2 is 1.92 bits per heavy atom. The number of ether oxygens (including phenoxy) is 1. The summed E-state index contributed by atoms with van der Waals surface area (Å²) in [5.74, 6) is -0.150. The summed E-state index contributed by atoms with van der Waals surface area (Å²) < 4.78 is 18.8. The van der Waals surface area contributed by atoms with E-state index in [1.54, 1.807) is 12.1 Å². The molecule has 2 N–H and O–H groups in total. The highest BCUT2D eigenvalue weighted by Crippen LogP contribution is 2.27. The molecule has 0 saturated carbocycles. The van der Waals surface area contributed by atoms with Crippen LogP contribution in [0.5, 0.6) is 5.75 Å². The fourth-order valence-corrected chi connectivity index (χ4v) is 2.73. The molecular formula is C19H19FN2O3. The molecule has 0 aliphatic carbocycles. The van der Waals surface area contributed by atoms with Crippen LogP contribution in [0.15, 0.2) is 48.5 Å². The van der Waals surface area contributed by atoms with Gasteiger partial charge >= 0.3 is 0 Å². The van der Waals surface area contributed by atoms with E-state index in [0.717, 1.165) is 17.7 Å². The summed E-state index contributed by atoms with van der Waals surface area (Å²) in [5.41, 5.74) is 1.69. The van der Waals surface area contributed by atoms with Crippen LogP contribution in [-0.4, -0.2) is 31.0 Å². The highest BCUT2D eigenvalue weighted by atomic mass is 19.1. The Balaban J connectivity index is 1.36. The summed E-state index contributed by atoms with van der Waals surface area (Å²) in [6.07, 6.45) is 0.693. The highest BCUT2D eigenvalue weighted by Gasteiger charge is 2.22. The number of fused-ring (bicyclic) bond motifs is 1. The molecule has 6 heteroatoms. The largest absolute Gasteiger partial charge is 0.488 e. The number of para-hydroxylation sites is 1. The molecule has 1 aliphatic rings. The Kier molecular flexibility index (Phi) is 5.28. The lowest BCUT2D eigenvalue weighted by atomic mass is 10.1. The maximum absolute atomic E-state index is 13.1. The van der Waals surface area contributed by atoms with Gasteiger partial charge in [-0.1, -0.05) is 30.3 Å². The van der Waals surface area contributed by atoms with Crippen LogP contribution in [0.1, 0.15) is 11.1 Å². The van der Waals surface area contributed by atoms with Crippen molar-refractivity contribution < 1.29 is 18.7 Å². The van der Waals surface area contributed by atoms with Gasteiger partial charge in [-0.05, 0) is 29.3 Å². The molecule has 2 aromatic carbocycles. The standard InChI is InChI=1S/C19H19FN2O3/c20-15-6-3-4-13(8-15)9-18(23)22-12-19(24)21-11-16-10-14-5-1-2-7-17(14)25-16/h1-8,16H,9-12H2,(H,21,24)(H,22,23)/t16-/m1/s1. The van der Waals surface area contributed by atoms with E-state index in [-0.39, 0.29) is 36.7 Å². The average Bonchev–Trinajstić information content (AvgIpc) is 3.01. The van der Waals surface area contributed by atoms with E-state index in [1.165, 1.54) is 12.1 Å². The molecule has 5 nitrogen and oxygen atoms in total. The van der Waals surface area contributed by atoms with Gasteiger partial charge in [-0.3, -0.25) is 9.59 Å². The summed E-state index contributed by atoms with van der Waals surface area (Å²) in [7, 11) is 0. The third-order valence-corrected chi connectivity index (χ3v) is 3.94. The van der Waals surface area contributed by atoms with Crippen molar-refractivity contribution in [1.82, 2.24) is 10.6 Å². The van der Waals surface area contributed by atoms with Gasteiger partial charge in [0, 0.05) is 6.42 Å². The number of carbonyl (C=O) groups excluding carboxylic acids is 2. The number of nitrogens with one attached hydrogen (secondary N) is 2. The van der Waals surface area contributed by atoms with E-state index in [9.17, 15) is 14.0 Å². The third kappa shape index (κ3) is 4.79. The van der Waals surface area contributed by atoms with Gasteiger partial charge in [0.05, 0.1) is 19.5 Å². The van der Waals surface area contributed by atoms with E-state index >= 15 is 0 Å². The summed E-state index contributed by atoms with van der Waals surface area (Å²) >= 11 is 0. The first-order valence-electron chi connectivity index (χ1n) is 8.12. The van der Waals surface area contributed by atoms with Gasteiger partial charge in [0.2, 0.25) is 11.8 Å². The minimum absolute atomic E-state index is 0.0338. The monoisotopic (exact) mass is 342 g/mol. The second kappa shape index (κ2) is 7.79. The maximum Gasteiger partial charge on any atom is 0.239 e. The van der Waals surface area contributed by atoms with Crippen molar-refractivity contribution in [2.75, 3.05) is 13.1 Å². The van der Waals surface area contributed by atoms with Crippen LogP contribution in [0.3, 0.4) is 0 Å². The van der Waals surface area contributed by atoms with E-state index in [0.29, 0.717) is 12.1 Å². The zero-order valence-electron chi connectivity index (χ0n) is 13.6. The summed E-state index contributed by atoms with van der Waals surface area (Å²) in [5, 5.41) is 5.28. The normalized spacial score (nSPS) is 15.2. The molecule has 2 aromatic rings. The van der Waals surface area contributed by atoms with Gasteiger partial charge in [-0.25, -0.2) is 4.39 Å². The van der Waals surface area contributed by atoms with Crippen LogP contribution in [0.4, 0.5) is 4.39 Å². The topological polar surface area (TPSA) is 67.4 Å². The van der Waals surface area contributed by atoms with Crippen molar-refractivity contribution in [3.8, 4) is 5.75 Å². The number of amides is 2. The molecule has 0 fully saturated rings. The minimum atomic E-state index is -0.388. The highest BCUT2D eigenvalue weighted by molar-refractivity contribution is 5.85.